The highest BCUT2D eigenvalue weighted by molar-refractivity contribution is 5.91. The number of carbonyl (C=O) groups is 2. The molecule has 30 heavy (non-hydrogen) atoms. The first-order chi connectivity index (χ1) is 14.0. The van der Waals surface area contributed by atoms with Gasteiger partial charge in [0, 0.05) is 39.4 Å². The van der Waals surface area contributed by atoms with Gasteiger partial charge in [-0.1, -0.05) is 6.92 Å². The highest BCUT2D eigenvalue weighted by Gasteiger charge is 2.35. The van der Waals surface area contributed by atoms with Crippen molar-refractivity contribution in [2.24, 2.45) is 5.92 Å². The molecule has 1 saturated heterocycles. The summed E-state index contributed by atoms with van der Waals surface area (Å²) in [6.07, 6.45) is 0.298. The SMILES string of the molecule is COCCCn1c(C(=O)NC(C)C)nnc1N1C[C@@H](C)[C@@H](NC(=O)OC(C)(C)C)C1. The van der Waals surface area contributed by atoms with E-state index in [0.29, 0.717) is 32.2 Å². The van der Waals surface area contributed by atoms with Gasteiger partial charge in [-0.2, -0.15) is 0 Å². The summed E-state index contributed by atoms with van der Waals surface area (Å²) in [6, 6.07) is -0.0868. The number of amides is 2. The Hall–Kier alpha value is -2.36. The molecular formula is C20H36N6O4. The second-order valence-electron chi connectivity index (χ2n) is 9.08. The number of nitrogens with zero attached hydrogens (tertiary/aromatic N) is 4. The number of nitrogens with one attached hydrogen (secondary N) is 2. The quantitative estimate of drug-likeness (QED) is 0.612. The molecule has 10 nitrogen and oxygen atoms in total. The maximum Gasteiger partial charge on any atom is 0.407 e. The van der Waals surface area contributed by atoms with Crippen LogP contribution in [-0.4, -0.2) is 71.3 Å². The summed E-state index contributed by atoms with van der Waals surface area (Å²) in [5.74, 6) is 0.845. The van der Waals surface area contributed by atoms with Crippen LogP contribution < -0.4 is 15.5 Å². The molecule has 0 radical (unpaired) electrons. The second kappa shape index (κ2) is 10.1. The van der Waals surface area contributed by atoms with E-state index in [0.717, 1.165) is 6.42 Å². The van der Waals surface area contributed by atoms with Crippen LogP contribution >= 0.6 is 0 Å². The van der Waals surface area contributed by atoms with Crippen LogP contribution in [0, 0.1) is 5.92 Å². The highest BCUT2D eigenvalue weighted by atomic mass is 16.6. The summed E-state index contributed by atoms with van der Waals surface area (Å²) in [5.41, 5.74) is -0.550. The van der Waals surface area contributed by atoms with Crippen molar-refractivity contribution in [3.8, 4) is 0 Å². The lowest BCUT2D eigenvalue weighted by molar-refractivity contribution is 0.0499. The molecule has 1 aliphatic heterocycles. The summed E-state index contributed by atoms with van der Waals surface area (Å²) in [6.45, 7) is 13.8. The molecule has 2 heterocycles. The Morgan fingerprint density at radius 1 is 1.23 bits per heavy atom. The largest absolute Gasteiger partial charge is 0.444 e. The number of carbonyl (C=O) groups excluding carboxylic acids is 2. The van der Waals surface area contributed by atoms with Gasteiger partial charge in [-0.05, 0) is 47.0 Å². The Morgan fingerprint density at radius 3 is 2.53 bits per heavy atom. The number of anilines is 1. The van der Waals surface area contributed by atoms with Crippen LogP contribution in [0.2, 0.25) is 0 Å². The van der Waals surface area contributed by atoms with Gasteiger partial charge in [-0.25, -0.2) is 4.79 Å². The number of rotatable bonds is 8. The number of alkyl carbamates (subject to hydrolysis) is 1. The number of hydrogen-bond acceptors (Lipinski definition) is 7. The van der Waals surface area contributed by atoms with Gasteiger partial charge in [0.05, 0.1) is 6.04 Å². The lowest BCUT2D eigenvalue weighted by atomic mass is 10.1. The minimum atomic E-state index is -0.550. The van der Waals surface area contributed by atoms with Crippen molar-refractivity contribution in [3.63, 3.8) is 0 Å². The van der Waals surface area contributed by atoms with Gasteiger partial charge in [0.2, 0.25) is 11.8 Å². The van der Waals surface area contributed by atoms with Gasteiger partial charge in [0.25, 0.3) is 5.91 Å². The number of hydrogen-bond donors (Lipinski definition) is 2. The summed E-state index contributed by atoms with van der Waals surface area (Å²) in [7, 11) is 1.65. The lowest BCUT2D eigenvalue weighted by Gasteiger charge is -2.23. The Kier molecular flexibility index (Phi) is 8.05. The molecule has 1 aliphatic rings. The predicted molar refractivity (Wildman–Crippen MR) is 114 cm³/mol. The third-order valence-corrected chi connectivity index (χ3v) is 4.68. The van der Waals surface area contributed by atoms with E-state index in [9.17, 15) is 9.59 Å². The van der Waals surface area contributed by atoms with Crippen molar-refractivity contribution in [2.45, 2.75) is 72.2 Å². The number of aromatic nitrogens is 3. The van der Waals surface area contributed by atoms with E-state index in [4.69, 9.17) is 9.47 Å². The molecule has 0 bridgehead atoms. The van der Waals surface area contributed by atoms with Crippen LogP contribution in [0.15, 0.2) is 0 Å². The fourth-order valence-corrected chi connectivity index (χ4v) is 3.37. The van der Waals surface area contributed by atoms with E-state index in [2.05, 4.69) is 32.7 Å². The van der Waals surface area contributed by atoms with Gasteiger partial charge in [0.15, 0.2) is 0 Å². The summed E-state index contributed by atoms with van der Waals surface area (Å²) in [4.78, 5) is 26.8. The molecule has 0 unspecified atom stereocenters. The molecule has 1 aromatic rings. The first kappa shape index (κ1) is 23.9. The highest BCUT2D eigenvalue weighted by Crippen LogP contribution is 2.24. The molecule has 0 aromatic carbocycles. The van der Waals surface area contributed by atoms with Gasteiger partial charge in [-0.15, -0.1) is 10.2 Å². The number of methoxy groups -OCH3 is 1. The van der Waals surface area contributed by atoms with Crippen LogP contribution in [0.4, 0.5) is 10.7 Å². The second-order valence-corrected chi connectivity index (χ2v) is 9.08. The Balaban J connectivity index is 2.16. The zero-order valence-electron chi connectivity index (χ0n) is 19.2. The maximum absolute atomic E-state index is 12.6. The molecule has 2 amide bonds. The van der Waals surface area contributed by atoms with Crippen molar-refractivity contribution in [2.75, 3.05) is 31.7 Å². The summed E-state index contributed by atoms with van der Waals surface area (Å²) in [5, 5.41) is 14.3. The fraction of sp³-hybridized carbons (Fsp3) is 0.800. The predicted octanol–water partition coefficient (Wildman–Crippen LogP) is 1.80. The zero-order valence-corrected chi connectivity index (χ0v) is 19.2. The van der Waals surface area contributed by atoms with Crippen LogP contribution in [-0.2, 0) is 16.0 Å². The van der Waals surface area contributed by atoms with Gasteiger partial charge < -0.3 is 25.0 Å². The fourth-order valence-electron chi connectivity index (χ4n) is 3.37. The van der Waals surface area contributed by atoms with Crippen molar-refractivity contribution in [3.05, 3.63) is 5.82 Å². The van der Waals surface area contributed by atoms with Crippen LogP contribution in [0.5, 0.6) is 0 Å². The van der Waals surface area contributed by atoms with E-state index in [1.807, 2.05) is 39.2 Å². The van der Waals surface area contributed by atoms with E-state index < -0.39 is 11.7 Å². The molecule has 0 spiro atoms. The molecule has 2 rings (SSSR count). The third-order valence-electron chi connectivity index (χ3n) is 4.68. The molecule has 2 atom stereocenters. The first-order valence-corrected chi connectivity index (χ1v) is 10.5. The summed E-state index contributed by atoms with van der Waals surface area (Å²) < 4.78 is 12.4. The standard InChI is InChI=1S/C20H36N6O4/c1-13(2)21-17(27)16-23-24-18(26(16)9-8-10-29-7)25-11-14(3)15(12-25)22-19(28)30-20(4,5)6/h13-15H,8-12H2,1-7H3,(H,21,27)(H,22,28)/t14-,15+/m1/s1. The molecule has 2 N–H and O–H groups in total. The third kappa shape index (κ3) is 6.58. The van der Waals surface area contributed by atoms with Crippen molar-refractivity contribution in [1.82, 2.24) is 25.4 Å². The van der Waals surface area contributed by atoms with E-state index in [1.54, 1.807) is 7.11 Å². The smallest absolute Gasteiger partial charge is 0.407 e. The zero-order chi connectivity index (χ0) is 22.5. The van der Waals surface area contributed by atoms with E-state index in [1.165, 1.54) is 0 Å². The average molecular weight is 425 g/mol. The molecule has 0 saturated carbocycles. The molecule has 1 fully saturated rings. The van der Waals surface area contributed by atoms with Crippen LogP contribution in [0.25, 0.3) is 0 Å². The van der Waals surface area contributed by atoms with Gasteiger partial charge in [-0.3, -0.25) is 9.36 Å². The van der Waals surface area contributed by atoms with E-state index >= 15 is 0 Å². The monoisotopic (exact) mass is 424 g/mol. The van der Waals surface area contributed by atoms with E-state index in [-0.39, 0.29) is 29.7 Å². The van der Waals surface area contributed by atoms with Crippen LogP contribution in [0.3, 0.4) is 0 Å². The molecule has 0 aliphatic carbocycles. The van der Waals surface area contributed by atoms with Gasteiger partial charge >= 0.3 is 6.09 Å². The maximum atomic E-state index is 12.6. The molecular weight excluding hydrogens is 388 g/mol. The molecule has 170 valence electrons. The molecule has 1 aromatic heterocycles. The Bertz CT molecular complexity index is 727. The van der Waals surface area contributed by atoms with Gasteiger partial charge in [0.1, 0.15) is 5.60 Å². The Labute approximate surface area is 178 Å². The average Bonchev–Trinajstić information content (AvgIpc) is 3.17. The minimum absolute atomic E-state index is 0.000654. The molecule has 10 heteroatoms. The van der Waals surface area contributed by atoms with Crippen molar-refractivity contribution in [1.29, 1.82) is 0 Å². The minimum Gasteiger partial charge on any atom is -0.444 e. The lowest BCUT2D eigenvalue weighted by Crippen LogP contribution is -2.42. The topological polar surface area (TPSA) is 111 Å². The Morgan fingerprint density at radius 2 is 1.93 bits per heavy atom. The van der Waals surface area contributed by atoms with Crippen molar-refractivity contribution < 1.29 is 19.1 Å². The summed E-state index contributed by atoms with van der Waals surface area (Å²) >= 11 is 0. The number of ether oxygens (including phenoxy) is 2. The first-order valence-electron chi connectivity index (χ1n) is 10.5. The normalized spacial score (nSPS) is 19.3. The van der Waals surface area contributed by atoms with Crippen LogP contribution in [0.1, 0.15) is 58.6 Å². The van der Waals surface area contributed by atoms with Crippen molar-refractivity contribution >= 4 is 17.9 Å².